The number of sulfonamides is 1. The van der Waals surface area contributed by atoms with E-state index in [0.717, 1.165) is 12.8 Å². The fourth-order valence-corrected chi connectivity index (χ4v) is 6.21. The number of methoxy groups -OCH3 is 1. The molecule has 1 atom stereocenters. The number of nitrogens with one attached hydrogen (secondary N) is 2. The second-order valence-corrected chi connectivity index (χ2v) is 12.0. The molecule has 9 heteroatoms. The lowest BCUT2D eigenvalue weighted by molar-refractivity contribution is 0.0384. The third kappa shape index (κ3) is 23.6. The molecule has 0 saturated carbocycles. The van der Waals surface area contributed by atoms with Crippen LogP contribution in [-0.4, -0.2) is 57.6 Å². The first kappa shape index (κ1) is 33.9. The van der Waals surface area contributed by atoms with Crippen LogP contribution in [0.25, 0.3) is 0 Å². The minimum absolute atomic E-state index is 0.00798. The third-order valence-electron chi connectivity index (χ3n) is 5.91. The Morgan fingerprint density at radius 1 is 0.824 bits per heavy atom. The summed E-state index contributed by atoms with van der Waals surface area (Å²) >= 11 is 2.01. The zero-order valence-electron chi connectivity index (χ0n) is 21.8. The molecular formula is C25H51IN2O5S. The lowest BCUT2D eigenvalue weighted by Crippen LogP contribution is -2.38. The Kier molecular flexibility index (Phi) is 24.5. The van der Waals surface area contributed by atoms with E-state index in [4.69, 9.17) is 9.47 Å². The van der Waals surface area contributed by atoms with Crippen LogP contribution in [-0.2, 0) is 19.5 Å². The van der Waals surface area contributed by atoms with Gasteiger partial charge in [0.25, 0.3) is 0 Å². The van der Waals surface area contributed by atoms with Crippen LogP contribution in [0.4, 0.5) is 4.79 Å². The number of unbranched alkanes of at least 4 members (excludes halogenated alkanes) is 15. The minimum Gasteiger partial charge on any atom is -0.447 e. The molecule has 2 N–H and O–H groups in total. The maximum absolute atomic E-state index is 11.8. The number of alkyl halides is 1. The Hall–Kier alpha value is -0.130. The summed E-state index contributed by atoms with van der Waals surface area (Å²) in [5.74, 6) is 0.0602. The number of amides is 1. The van der Waals surface area contributed by atoms with Gasteiger partial charge in [-0.15, -0.1) is 0 Å². The summed E-state index contributed by atoms with van der Waals surface area (Å²) < 4.78 is 36.7. The van der Waals surface area contributed by atoms with Crippen LogP contribution in [0, 0.1) is 0 Å². The van der Waals surface area contributed by atoms with Gasteiger partial charge in [-0.3, -0.25) is 0 Å². The van der Waals surface area contributed by atoms with E-state index in [1.165, 1.54) is 97.0 Å². The number of rotatable bonds is 25. The van der Waals surface area contributed by atoms with Crippen LogP contribution < -0.4 is 10.0 Å². The lowest BCUT2D eigenvalue weighted by atomic mass is 10.0. The van der Waals surface area contributed by atoms with E-state index < -0.39 is 22.2 Å². The van der Waals surface area contributed by atoms with Gasteiger partial charge in [-0.25, -0.2) is 17.9 Å². The highest BCUT2D eigenvalue weighted by molar-refractivity contribution is 14.1. The number of hydrogen-bond acceptors (Lipinski definition) is 5. The first-order chi connectivity index (χ1) is 16.4. The highest BCUT2D eigenvalue weighted by atomic mass is 127. The quantitative estimate of drug-likeness (QED) is 0.0708. The summed E-state index contributed by atoms with van der Waals surface area (Å²) in [6.45, 7) is 2.96. The lowest BCUT2D eigenvalue weighted by Gasteiger charge is -2.16. The number of carbonyl (C=O) groups is 1. The molecule has 7 nitrogen and oxygen atoms in total. The zero-order valence-corrected chi connectivity index (χ0v) is 24.7. The molecule has 34 heavy (non-hydrogen) atoms. The molecule has 0 aromatic carbocycles. The van der Waals surface area contributed by atoms with E-state index in [2.05, 4.69) is 17.0 Å². The topological polar surface area (TPSA) is 93.7 Å². The Morgan fingerprint density at radius 3 is 1.74 bits per heavy atom. The first-order valence-electron chi connectivity index (χ1n) is 13.4. The molecule has 0 aliphatic heterocycles. The molecule has 0 bridgehead atoms. The number of ether oxygens (including phenoxy) is 2. The molecule has 0 aliphatic carbocycles. The van der Waals surface area contributed by atoms with E-state index in [1.807, 2.05) is 22.6 Å². The van der Waals surface area contributed by atoms with E-state index in [0.29, 0.717) is 11.0 Å². The van der Waals surface area contributed by atoms with E-state index in [9.17, 15) is 13.2 Å². The summed E-state index contributed by atoms with van der Waals surface area (Å²) in [5.41, 5.74) is 0. The molecule has 0 heterocycles. The Labute approximate surface area is 223 Å². The molecule has 0 aromatic rings. The Balaban J connectivity index is 3.45. The van der Waals surface area contributed by atoms with Crippen LogP contribution in [0.3, 0.4) is 0 Å². The van der Waals surface area contributed by atoms with Gasteiger partial charge in [0.05, 0.1) is 5.75 Å². The largest absolute Gasteiger partial charge is 0.447 e. The molecule has 0 aromatic heterocycles. The van der Waals surface area contributed by atoms with E-state index >= 15 is 0 Å². The predicted molar refractivity (Wildman–Crippen MR) is 150 cm³/mol. The van der Waals surface area contributed by atoms with Crippen LogP contribution in [0.15, 0.2) is 0 Å². The average Bonchev–Trinajstić information content (AvgIpc) is 2.81. The zero-order chi connectivity index (χ0) is 25.3. The van der Waals surface area contributed by atoms with Gasteiger partial charge < -0.3 is 14.8 Å². The van der Waals surface area contributed by atoms with E-state index in [1.54, 1.807) is 0 Å². The standard InChI is InChI=1S/C25H51IN2O5S/c1-3-4-5-6-7-8-9-10-11-12-13-14-15-16-17-18-20-27-25(29)33-23-24(32-2)22-28-34(30,31)21-19-26/h24,28H,3-23H2,1-2H3,(H,27,29). The molecular weight excluding hydrogens is 567 g/mol. The number of alkyl carbamates (subject to hydrolysis) is 1. The van der Waals surface area contributed by atoms with Gasteiger partial charge in [0, 0.05) is 24.6 Å². The van der Waals surface area contributed by atoms with Gasteiger partial charge in [-0.1, -0.05) is 126 Å². The van der Waals surface area contributed by atoms with Crippen molar-refractivity contribution in [3.63, 3.8) is 0 Å². The van der Waals surface area contributed by atoms with Crippen molar-refractivity contribution in [3.05, 3.63) is 0 Å². The first-order valence-corrected chi connectivity index (χ1v) is 16.6. The summed E-state index contributed by atoms with van der Waals surface area (Å²) in [6.07, 6.45) is 20.1. The van der Waals surface area contributed by atoms with Gasteiger partial charge in [0.1, 0.15) is 12.7 Å². The fraction of sp³-hybridized carbons (Fsp3) is 0.960. The Morgan fingerprint density at radius 2 is 1.29 bits per heavy atom. The van der Waals surface area contributed by atoms with Crippen LogP contribution in [0.1, 0.15) is 110 Å². The van der Waals surface area contributed by atoms with Crippen molar-refractivity contribution in [3.8, 4) is 0 Å². The van der Waals surface area contributed by atoms with Gasteiger partial charge in [-0.2, -0.15) is 0 Å². The van der Waals surface area contributed by atoms with Gasteiger partial charge in [-0.05, 0) is 6.42 Å². The van der Waals surface area contributed by atoms with Crippen molar-refractivity contribution >= 4 is 38.7 Å². The molecule has 204 valence electrons. The average molecular weight is 619 g/mol. The molecule has 0 saturated heterocycles. The van der Waals surface area contributed by atoms with Crippen molar-refractivity contribution in [2.24, 2.45) is 0 Å². The number of carbonyl (C=O) groups excluding carboxylic acids is 1. The predicted octanol–water partition coefficient (Wildman–Crippen LogP) is 6.34. The number of halogens is 1. The molecule has 1 amide bonds. The second-order valence-electron chi connectivity index (χ2n) is 9.04. The van der Waals surface area contributed by atoms with Crippen molar-refractivity contribution in [2.75, 3.05) is 37.0 Å². The van der Waals surface area contributed by atoms with Gasteiger partial charge in [0.2, 0.25) is 10.0 Å². The summed E-state index contributed by atoms with van der Waals surface area (Å²) in [4.78, 5) is 11.8. The van der Waals surface area contributed by atoms with Gasteiger partial charge >= 0.3 is 6.09 Å². The second kappa shape index (κ2) is 24.6. The van der Waals surface area contributed by atoms with Gasteiger partial charge in [0.15, 0.2) is 0 Å². The molecule has 0 fully saturated rings. The highest BCUT2D eigenvalue weighted by Gasteiger charge is 2.15. The molecule has 0 radical (unpaired) electrons. The van der Waals surface area contributed by atoms with Crippen LogP contribution in [0.2, 0.25) is 0 Å². The van der Waals surface area contributed by atoms with Crippen molar-refractivity contribution in [1.82, 2.24) is 10.0 Å². The minimum atomic E-state index is -3.31. The molecule has 1 unspecified atom stereocenters. The van der Waals surface area contributed by atoms with E-state index in [-0.39, 0.29) is 18.9 Å². The van der Waals surface area contributed by atoms with Crippen molar-refractivity contribution in [1.29, 1.82) is 0 Å². The van der Waals surface area contributed by atoms with Crippen LogP contribution >= 0.6 is 22.6 Å². The number of hydrogen-bond donors (Lipinski definition) is 2. The Bertz CT molecular complexity index is 564. The van der Waals surface area contributed by atoms with Crippen molar-refractivity contribution < 1.29 is 22.7 Å². The smallest absolute Gasteiger partial charge is 0.407 e. The van der Waals surface area contributed by atoms with Crippen molar-refractivity contribution in [2.45, 2.75) is 116 Å². The SMILES string of the molecule is CCCCCCCCCCCCCCCCCCNC(=O)OCC(CNS(=O)(=O)CCI)OC. The normalized spacial score (nSPS) is 12.6. The summed E-state index contributed by atoms with van der Waals surface area (Å²) in [5, 5.41) is 2.75. The maximum Gasteiger partial charge on any atom is 0.407 e. The fourth-order valence-electron chi connectivity index (χ4n) is 3.69. The summed E-state index contributed by atoms with van der Waals surface area (Å²) in [6, 6.07) is 0. The molecule has 0 aliphatic rings. The molecule has 0 spiro atoms. The maximum atomic E-state index is 11.8. The van der Waals surface area contributed by atoms with Crippen LogP contribution in [0.5, 0.6) is 0 Å². The monoisotopic (exact) mass is 618 g/mol. The third-order valence-corrected chi connectivity index (χ3v) is 8.53. The summed E-state index contributed by atoms with van der Waals surface area (Å²) in [7, 11) is -1.84. The highest BCUT2D eigenvalue weighted by Crippen LogP contribution is 2.13. The molecule has 0 rings (SSSR count).